The van der Waals surface area contributed by atoms with Crippen molar-refractivity contribution in [1.29, 1.82) is 0 Å². The summed E-state index contributed by atoms with van der Waals surface area (Å²) in [7, 11) is 0. The first-order chi connectivity index (χ1) is 9.76. The highest BCUT2D eigenvalue weighted by Crippen LogP contribution is 2.20. The van der Waals surface area contributed by atoms with Crippen molar-refractivity contribution in [3.8, 4) is 5.75 Å². The van der Waals surface area contributed by atoms with Crippen molar-refractivity contribution in [3.05, 3.63) is 54.2 Å². The molecule has 1 aromatic heterocycles. The number of aryl methyl sites for hydroxylation is 1. The van der Waals surface area contributed by atoms with Crippen LogP contribution < -0.4 is 10.1 Å². The van der Waals surface area contributed by atoms with E-state index < -0.39 is 0 Å². The molecule has 1 amide bonds. The van der Waals surface area contributed by atoms with Crippen LogP contribution in [0, 0.1) is 0 Å². The van der Waals surface area contributed by atoms with Gasteiger partial charge in [-0.1, -0.05) is 31.7 Å². The van der Waals surface area contributed by atoms with Crippen molar-refractivity contribution < 1.29 is 9.53 Å². The van der Waals surface area contributed by atoms with Gasteiger partial charge >= 0.3 is 0 Å². The second-order valence-corrected chi connectivity index (χ2v) is 4.17. The Bertz CT molecular complexity index is 605. The number of anilines is 1. The summed E-state index contributed by atoms with van der Waals surface area (Å²) in [6.45, 7) is 5.95. The van der Waals surface area contributed by atoms with Crippen LogP contribution in [0.15, 0.2) is 43.1 Å². The van der Waals surface area contributed by atoms with Crippen LogP contribution >= 0.6 is 0 Å². The van der Waals surface area contributed by atoms with Crippen molar-refractivity contribution in [1.82, 2.24) is 10.2 Å². The van der Waals surface area contributed by atoms with Crippen molar-refractivity contribution in [3.63, 3.8) is 0 Å². The molecule has 0 spiro atoms. The predicted octanol–water partition coefficient (Wildman–Crippen LogP) is 2.79. The van der Waals surface area contributed by atoms with E-state index in [1.165, 1.54) is 0 Å². The number of para-hydroxylation sites is 1. The molecule has 5 heteroatoms. The van der Waals surface area contributed by atoms with E-state index in [2.05, 4.69) is 22.1 Å². The van der Waals surface area contributed by atoms with Gasteiger partial charge in [-0.2, -0.15) is 5.10 Å². The highest BCUT2D eigenvalue weighted by atomic mass is 16.5. The zero-order valence-corrected chi connectivity index (χ0v) is 11.3. The molecule has 104 valence electrons. The molecule has 5 nitrogen and oxygen atoms in total. The maximum absolute atomic E-state index is 12.3. The number of nitrogens with zero attached hydrogens (tertiary/aromatic N) is 1. The summed E-state index contributed by atoms with van der Waals surface area (Å²) in [5.74, 6) is 0.919. The van der Waals surface area contributed by atoms with Crippen LogP contribution in [0.2, 0.25) is 0 Å². The number of hydrogen-bond acceptors (Lipinski definition) is 3. The van der Waals surface area contributed by atoms with Crippen molar-refractivity contribution in [2.45, 2.75) is 13.3 Å². The molecule has 2 aromatic rings. The Hall–Kier alpha value is -2.56. The van der Waals surface area contributed by atoms with E-state index >= 15 is 0 Å². The lowest BCUT2D eigenvalue weighted by atomic mass is 10.2. The number of aromatic amines is 1. The largest absolute Gasteiger partial charge is 0.489 e. The van der Waals surface area contributed by atoms with Crippen molar-refractivity contribution >= 4 is 11.7 Å². The number of H-pyrrole nitrogens is 1. The van der Waals surface area contributed by atoms with Gasteiger partial charge in [0.05, 0.1) is 11.8 Å². The van der Waals surface area contributed by atoms with Gasteiger partial charge in [-0.3, -0.25) is 9.89 Å². The number of rotatable bonds is 6. The van der Waals surface area contributed by atoms with E-state index in [0.29, 0.717) is 23.7 Å². The molecule has 0 aliphatic carbocycles. The molecular weight excluding hydrogens is 254 g/mol. The molecule has 1 aromatic carbocycles. The average Bonchev–Trinajstić information content (AvgIpc) is 2.92. The van der Waals surface area contributed by atoms with Gasteiger partial charge in [0.15, 0.2) is 0 Å². The van der Waals surface area contributed by atoms with Crippen LogP contribution in [0.5, 0.6) is 5.75 Å². The molecule has 2 rings (SSSR count). The van der Waals surface area contributed by atoms with E-state index in [9.17, 15) is 4.79 Å². The molecule has 0 saturated heterocycles. The summed E-state index contributed by atoms with van der Waals surface area (Å²) < 4.78 is 5.48. The molecule has 1 heterocycles. The lowest BCUT2D eigenvalue weighted by Gasteiger charge is -2.10. The summed E-state index contributed by atoms with van der Waals surface area (Å²) in [6.07, 6.45) is 4.13. The van der Waals surface area contributed by atoms with Crippen molar-refractivity contribution in [2.75, 3.05) is 11.9 Å². The van der Waals surface area contributed by atoms with Gasteiger partial charge in [0.1, 0.15) is 18.2 Å². The Balaban J connectivity index is 2.18. The number of benzene rings is 1. The van der Waals surface area contributed by atoms with Crippen LogP contribution in [0.3, 0.4) is 0 Å². The smallest absolute Gasteiger partial charge is 0.260 e. The Kier molecular flexibility index (Phi) is 4.55. The minimum absolute atomic E-state index is 0.233. The third-order valence-corrected chi connectivity index (χ3v) is 2.83. The number of nitrogens with one attached hydrogen (secondary N) is 2. The maximum Gasteiger partial charge on any atom is 0.260 e. The number of hydrogen-bond donors (Lipinski definition) is 2. The predicted molar refractivity (Wildman–Crippen MR) is 78.1 cm³/mol. The second kappa shape index (κ2) is 6.56. The number of carbonyl (C=O) groups is 1. The normalized spacial score (nSPS) is 10.1. The fraction of sp³-hybridized carbons (Fsp3) is 0.200. The number of aromatic nitrogens is 2. The Morgan fingerprint density at radius 2 is 2.30 bits per heavy atom. The van der Waals surface area contributed by atoms with Gasteiger partial charge < -0.3 is 10.1 Å². The molecule has 0 bridgehead atoms. The maximum atomic E-state index is 12.3. The van der Waals surface area contributed by atoms with Gasteiger partial charge in [-0.05, 0) is 18.6 Å². The van der Waals surface area contributed by atoms with E-state index in [0.717, 1.165) is 12.0 Å². The Morgan fingerprint density at radius 1 is 1.50 bits per heavy atom. The van der Waals surface area contributed by atoms with Crippen LogP contribution in [0.4, 0.5) is 5.82 Å². The lowest BCUT2D eigenvalue weighted by Crippen LogP contribution is -2.15. The topological polar surface area (TPSA) is 67.0 Å². The van der Waals surface area contributed by atoms with Gasteiger partial charge in [-0.25, -0.2) is 0 Å². The Morgan fingerprint density at radius 3 is 3.05 bits per heavy atom. The Labute approximate surface area is 117 Å². The minimum atomic E-state index is -0.233. The van der Waals surface area contributed by atoms with E-state index in [1.807, 2.05) is 13.0 Å². The van der Waals surface area contributed by atoms with Crippen LogP contribution in [-0.2, 0) is 6.42 Å². The van der Waals surface area contributed by atoms with E-state index in [1.54, 1.807) is 30.5 Å². The van der Waals surface area contributed by atoms with E-state index in [4.69, 9.17) is 4.74 Å². The minimum Gasteiger partial charge on any atom is -0.489 e. The zero-order valence-electron chi connectivity index (χ0n) is 11.3. The van der Waals surface area contributed by atoms with Gasteiger partial charge in [0.2, 0.25) is 0 Å². The monoisotopic (exact) mass is 271 g/mol. The lowest BCUT2D eigenvalue weighted by molar-refractivity contribution is 0.102. The highest BCUT2D eigenvalue weighted by Gasteiger charge is 2.14. The van der Waals surface area contributed by atoms with Gasteiger partial charge in [-0.15, -0.1) is 0 Å². The van der Waals surface area contributed by atoms with Crippen LogP contribution in [0.25, 0.3) is 0 Å². The SMILES string of the molecule is C=CCOc1ccccc1C(=O)Nc1[nH]ncc1CC. The zero-order chi connectivity index (χ0) is 14.4. The molecule has 0 radical (unpaired) electrons. The van der Waals surface area contributed by atoms with Crippen LogP contribution in [0.1, 0.15) is 22.8 Å². The molecular formula is C15H17N3O2. The quantitative estimate of drug-likeness (QED) is 0.794. The highest BCUT2D eigenvalue weighted by molar-refractivity contribution is 6.06. The molecule has 0 saturated carbocycles. The first kappa shape index (κ1) is 13.9. The molecule has 20 heavy (non-hydrogen) atoms. The number of ether oxygens (including phenoxy) is 1. The third-order valence-electron chi connectivity index (χ3n) is 2.83. The number of amides is 1. The van der Waals surface area contributed by atoms with Gasteiger partial charge in [0.25, 0.3) is 5.91 Å². The summed E-state index contributed by atoms with van der Waals surface area (Å²) in [5.41, 5.74) is 1.44. The average molecular weight is 271 g/mol. The third kappa shape index (κ3) is 3.06. The molecule has 0 atom stereocenters. The van der Waals surface area contributed by atoms with Gasteiger partial charge in [0, 0.05) is 5.56 Å². The molecule has 2 N–H and O–H groups in total. The molecule has 0 aliphatic rings. The fourth-order valence-electron chi connectivity index (χ4n) is 1.80. The first-order valence-corrected chi connectivity index (χ1v) is 6.42. The number of carbonyl (C=O) groups excluding carboxylic acids is 1. The molecule has 0 unspecified atom stereocenters. The van der Waals surface area contributed by atoms with E-state index in [-0.39, 0.29) is 5.91 Å². The standard InChI is InChI=1S/C15H17N3O2/c1-3-9-20-13-8-6-5-7-12(13)15(19)17-14-11(4-2)10-16-18-14/h3,5-8,10H,1,4,9H2,2H3,(H2,16,17,18,19). The van der Waals surface area contributed by atoms with Crippen molar-refractivity contribution in [2.24, 2.45) is 0 Å². The molecule has 0 aliphatic heterocycles. The first-order valence-electron chi connectivity index (χ1n) is 6.42. The summed E-state index contributed by atoms with van der Waals surface area (Å²) in [4.78, 5) is 12.3. The van der Waals surface area contributed by atoms with Crippen LogP contribution in [-0.4, -0.2) is 22.7 Å². The summed E-state index contributed by atoms with van der Waals surface area (Å²) in [6, 6.07) is 7.09. The second-order valence-electron chi connectivity index (χ2n) is 4.17. The fourth-order valence-corrected chi connectivity index (χ4v) is 1.80. The molecule has 0 fully saturated rings. The summed E-state index contributed by atoms with van der Waals surface area (Å²) in [5, 5.41) is 9.52. The summed E-state index contributed by atoms with van der Waals surface area (Å²) >= 11 is 0.